The zero-order chi connectivity index (χ0) is 16.5. The molecule has 0 spiro atoms. The van der Waals surface area contributed by atoms with E-state index in [0.29, 0.717) is 23.5 Å². The highest BCUT2D eigenvalue weighted by Gasteiger charge is 2.37. The van der Waals surface area contributed by atoms with Gasteiger partial charge in [0.2, 0.25) is 0 Å². The first kappa shape index (κ1) is 17.4. The number of carbonyl (C=O) groups excluding carboxylic acids is 1. The molecule has 1 fully saturated rings. The molecule has 0 amide bonds. The molecule has 2 rings (SSSR count). The highest BCUT2D eigenvalue weighted by molar-refractivity contribution is 6.74. The van der Waals surface area contributed by atoms with Crippen molar-refractivity contribution >= 4 is 14.1 Å². The Morgan fingerprint density at radius 3 is 2.45 bits per heavy atom. The van der Waals surface area contributed by atoms with Crippen LogP contribution in [0.3, 0.4) is 0 Å². The second-order valence-electron chi connectivity index (χ2n) is 7.93. The van der Waals surface area contributed by atoms with Crippen molar-refractivity contribution in [1.82, 2.24) is 0 Å². The first-order chi connectivity index (χ1) is 10.1. The molecule has 1 aliphatic carbocycles. The number of rotatable bonds is 6. The molecule has 0 heterocycles. The van der Waals surface area contributed by atoms with Crippen molar-refractivity contribution in [1.29, 1.82) is 0 Å². The van der Waals surface area contributed by atoms with Gasteiger partial charge in [-0.15, -0.1) is 0 Å². The van der Waals surface area contributed by atoms with E-state index in [1.165, 1.54) is 6.07 Å². The van der Waals surface area contributed by atoms with Crippen LogP contribution in [0.25, 0.3) is 0 Å². The second-order valence-corrected chi connectivity index (χ2v) is 12.7. The largest absolute Gasteiger partial charge is 0.412 e. The van der Waals surface area contributed by atoms with E-state index in [9.17, 15) is 9.18 Å². The van der Waals surface area contributed by atoms with E-state index < -0.39 is 8.32 Å². The van der Waals surface area contributed by atoms with Gasteiger partial charge in [0.15, 0.2) is 14.1 Å². The minimum Gasteiger partial charge on any atom is -0.412 e. The van der Waals surface area contributed by atoms with Crippen LogP contribution < -0.4 is 0 Å². The van der Waals surface area contributed by atoms with Gasteiger partial charge < -0.3 is 4.43 Å². The van der Waals surface area contributed by atoms with Crippen molar-refractivity contribution in [3.8, 4) is 0 Å². The van der Waals surface area contributed by atoms with Crippen molar-refractivity contribution in [3.05, 3.63) is 35.1 Å². The summed E-state index contributed by atoms with van der Waals surface area (Å²) in [5.74, 6) is 0.246. The van der Waals surface area contributed by atoms with E-state index in [0.717, 1.165) is 12.8 Å². The average molecular weight is 322 g/mol. The normalized spacial score (nSPS) is 15.9. The van der Waals surface area contributed by atoms with Crippen molar-refractivity contribution in [2.24, 2.45) is 5.92 Å². The molecule has 0 aliphatic heterocycles. The van der Waals surface area contributed by atoms with Gasteiger partial charge in [-0.05, 0) is 43.0 Å². The topological polar surface area (TPSA) is 26.3 Å². The molecular formula is C18H27FO2Si. The molecule has 0 atom stereocenters. The van der Waals surface area contributed by atoms with Crippen LogP contribution in [0.4, 0.5) is 4.39 Å². The van der Waals surface area contributed by atoms with Crippen LogP contribution in [-0.2, 0) is 11.0 Å². The quantitative estimate of drug-likeness (QED) is 0.522. The van der Waals surface area contributed by atoms with Crippen LogP contribution in [0, 0.1) is 11.7 Å². The maximum Gasteiger partial charge on any atom is 0.192 e. The molecule has 0 unspecified atom stereocenters. The lowest BCUT2D eigenvalue weighted by atomic mass is 10.0. The number of halogens is 1. The summed E-state index contributed by atoms with van der Waals surface area (Å²) in [6, 6.07) is 4.80. The second kappa shape index (κ2) is 6.24. The lowest BCUT2D eigenvalue weighted by Gasteiger charge is -2.36. The average Bonchev–Trinajstić information content (AvgIpc) is 3.19. The molecule has 22 heavy (non-hydrogen) atoms. The molecule has 1 aromatic carbocycles. The highest BCUT2D eigenvalue weighted by Crippen LogP contribution is 2.37. The van der Waals surface area contributed by atoms with E-state index in [1.54, 1.807) is 12.1 Å². The molecule has 0 radical (unpaired) electrons. The smallest absolute Gasteiger partial charge is 0.192 e. The highest BCUT2D eigenvalue weighted by atomic mass is 28.4. The molecule has 1 aliphatic rings. The molecule has 0 aromatic heterocycles. The molecule has 1 aromatic rings. The number of Topliss-reactive ketones (excluding diaryl/α,β-unsaturated/α-hetero) is 1. The van der Waals surface area contributed by atoms with Crippen LogP contribution in [0.15, 0.2) is 18.2 Å². The number of hydrogen-bond acceptors (Lipinski definition) is 2. The molecule has 1 saturated carbocycles. The van der Waals surface area contributed by atoms with E-state index in [-0.39, 0.29) is 23.2 Å². The molecule has 122 valence electrons. The predicted octanol–water partition coefficient (Wildman–Crippen LogP) is 5.33. The van der Waals surface area contributed by atoms with Crippen molar-refractivity contribution in [3.63, 3.8) is 0 Å². The Morgan fingerprint density at radius 1 is 1.32 bits per heavy atom. The summed E-state index contributed by atoms with van der Waals surface area (Å²) in [7, 11) is -1.89. The summed E-state index contributed by atoms with van der Waals surface area (Å²) in [6.07, 6.45) is 2.82. The van der Waals surface area contributed by atoms with Crippen molar-refractivity contribution in [2.75, 3.05) is 0 Å². The molecule has 4 heteroatoms. The Balaban J connectivity index is 2.02. The van der Waals surface area contributed by atoms with Gasteiger partial charge in [-0.25, -0.2) is 4.39 Å². The van der Waals surface area contributed by atoms with E-state index in [4.69, 9.17) is 4.43 Å². The van der Waals surface area contributed by atoms with Crippen molar-refractivity contribution < 1.29 is 13.6 Å². The number of hydrogen-bond donors (Lipinski definition) is 0. The monoisotopic (exact) mass is 322 g/mol. The SMILES string of the molecule is CC(C)(C)[Si](C)(C)OCc1ccc(C(=O)CC2CC2)cc1F. The van der Waals surface area contributed by atoms with Crippen LogP contribution in [0.5, 0.6) is 0 Å². The third kappa shape index (κ3) is 4.26. The molecule has 0 saturated heterocycles. The summed E-state index contributed by atoms with van der Waals surface area (Å²) in [5, 5.41) is 0.101. The Bertz CT molecular complexity index is 557. The van der Waals surface area contributed by atoms with Gasteiger partial charge >= 0.3 is 0 Å². The summed E-state index contributed by atoms with van der Waals surface area (Å²) in [5.41, 5.74) is 1.02. The third-order valence-electron chi connectivity index (χ3n) is 4.94. The predicted molar refractivity (Wildman–Crippen MR) is 90.1 cm³/mol. The van der Waals surface area contributed by atoms with Gasteiger partial charge in [0.1, 0.15) is 5.82 Å². The Morgan fingerprint density at radius 2 is 1.95 bits per heavy atom. The Labute approximate surface area is 134 Å². The van der Waals surface area contributed by atoms with Gasteiger partial charge in [0.25, 0.3) is 0 Å². The standard InChI is InChI=1S/C18H27FO2Si/c1-18(2,3)22(4,5)21-12-15-9-8-14(11-16(15)19)17(20)10-13-6-7-13/h8-9,11,13H,6-7,10,12H2,1-5H3. The lowest BCUT2D eigenvalue weighted by molar-refractivity contribution is 0.0975. The minimum absolute atomic E-state index is 0.0539. The van der Waals surface area contributed by atoms with E-state index >= 15 is 0 Å². The molecule has 0 N–H and O–H groups in total. The number of ketones is 1. The van der Waals surface area contributed by atoms with Gasteiger partial charge in [-0.1, -0.05) is 32.9 Å². The Hall–Kier alpha value is -1.00. The summed E-state index contributed by atoms with van der Waals surface area (Å²) >= 11 is 0. The third-order valence-corrected chi connectivity index (χ3v) is 9.42. The maximum absolute atomic E-state index is 14.2. The zero-order valence-corrected chi connectivity index (χ0v) is 15.3. The minimum atomic E-state index is -1.89. The Kier molecular flexibility index (Phi) is 4.92. The molecule has 0 bridgehead atoms. The van der Waals surface area contributed by atoms with Gasteiger partial charge in [-0.2, -0.15) is 0 Å². The van der Waals surface area contributed by atoms with Crippen LogP contribution in [0.2, 0.25) is 18.1 Å². The van der Waals surface area contributed by atoms with E-state index in [2.05, 4.69) is 33.9 Å². The summed E-state index contributed by atoms with van der Waals surface area (Å²) in [6.45, 7) is 11.1. The number of benzene rings is 1. The molecular weight excluding hydrogens is 295 g/mol. The fraction of sp³-hybridized carbons (Fsp3) is 0.611. The summed E-state index contributed by atoms with van der Waals surface area (Å²) < 4.78 is 20.3. The zero-order valence-electron chi connectivity index (χ0n) is 14.3. The van der Waals surface area contributed by atoms with Gasteiger partial charge in [0.05, 0.1) is 6.61 Å². The van der Waals surface area contributed by atoms with E-state index in [1.807, 2.05) is 0 Å². The van der Waals surface area contributed by atoms with Gasteiger partial charge in [0, 0.05) is 17.5 Å². The molecule has 2 nitrogen and oxygen atoms in total. The lowest BCUT2D eigenvalue weighted by Crippen LogP contribution is -2.40. The first-order valence-electron chi connectivity index (χ1n) is 8.06. The fourth-order valence-electron chi connectivity index (χ4n) is 2.01. The summed E-state index contributed by atoms with van der Waals surface area (Å²) in [4.78, 5) is 12.0. The van der Waals surface area contributed by atoms with Crippen molar-refractivity contribution in [2.45, 2.75) is 64.8 Å². The van der Waals surface area contributed by atoms with Crippen LogP contribution in [0.1, 0.15) is 56.0 Å². The van der Waals surface area contributed by atoms with Crippen LogP contribution in [-0.4, -0.2) is 14.1 Å². The van der Waals surface area contributed by atoms with Crippen LogP contribution >= 0.6 is 0 Å². The van der Waals surface area contributed by atoms with Gasteiger partial charge in [-0.3, -0.25) is 4.79 Å². The first-order valence-corrected chi connectivity index (χ1v) is 11.0. The maximum atomic E-state index is 14.2. The number of carbonyl (C=O) groups is 1. The fourth-order valence-corrected chi connectivity index (χ4v) is 2.96.